The van der Waals surface area contributed by atoms with Crippen LogP contribution in [0, 0.1) is 5.82 Å². The van der Waals surface area contributed by atoms with E-state index in [0.29, 0.717) is 12.2 Å². The Morgan fingerprint density at radius 2 is 2.16 bits per heavy atom. The third-order valence-corrected chi connectivity index (χ3v) is 3.24. The zero-order valence-electron chi connectivity index (χ0n) is 10.8. The van der Waals surface area contributed by atoms with Crippen molar-refractivity contribution in [2.75, 3.05) is 18.6 Å². The summed E-state index contributed by atoms with van der Waals surface area (Å²) in [6.45, 7) is 0.494. The summed E-state index contributed by atoms with van der Waals surface area (Å²) in [5, 5.41) is 0. The van der Waals surface area contributed by atoms with Gasteiger partial charge in [-0.15, -0.1) is 0 Å². The van der Waals surface area contributed by atoms with Gasteiger partial charge in [0.15, 0.2) is 0 Å². The van der Waals surface area contributed by atoms with Crippen LogP contribution in [0.1, 0.15) is 24.8 Å². The molecule has 0 spiro atoms. The summed E-state index contributed by atoms with van der Waals surface area (Å²) in [7, 11) is 1.28. The fraction of sp³-hybridized carbons (Fsp3) is 0.429. The molecule has 5 heteroatoms. The molecule has 0 aliphatic carbocycles. The number of hydrogen-bond donors (Lipinski definition) is 0. The van der Waals surface area contributed by atoms with Gasteiger partial charge in [-0.3, -0.25) is 9.59 Å². The summed E-state index contributed by atoms with van der Waals surface area (Å²) in [5.74, 6) is -1.06. The van der Waals surface area contributed by atoms with Gasteiger partial charge in [-0.1, -0.05) is 12.1 Å². The topological polar surface area (TPSA) is 46.6 Å². The van der Waals surface area contributed by atoms with Crippen molar-refractivity contribution >= 4 is 17.6 Å². The van der Waals surface area contributed by atoms with Gasteiger partial charge in [0.2, 0.25) is 5.91 Å². The first kappa shape index (κ1) is 13.5. The highest BCUT2D eigenvalue weighted by molar-refractivity contribution is 5.96. The molecule has 102 valence electrons. The predicted octanol–water partition coefficient (Wildman–Crippen LogP) is 2.06. The van der Waals surface area contributed by atoms with Gasteiger partial charge in [0.05, 0.1) is 19.2 Å². The van der Waals surface area contributed by atoms with Crippen molar-refractivity contribution < 1.29 is 18.7 Å². The first-order chi connectivity index (χ1) is 9.13. The first-order valence-electron chi connectivity index (χ1n) is 6.28. The molecule has 0 atom stereocenters. The number of carbonyl (C=O) groups is 2. The number of methoxy groups -OCH3 is 1. The van der Waals surface area contributed by atoms with Crippen LogP contribution in [0.25, 0.3) is 0 Å². The highest BCUT2D eigenvalue weighted by atomic mass is 19.1. The molecule has 1 amide bonds. The quantitative estimate of drug-likeness (QED) is 0.786. The molecule has 19 heavy (non-hydrogen) atoms. The van der Waals surface area contributed by atoms with Crippen LogP contribution >= 0.6 is 0 Å². The van der Waals surface area contributed by atoms with Gasteiger partial charge in [-0.25, -0.2) is 4.39 Å². The Morgan fingerprint density at radius 1 is 1.37 bits per heavy atom. The highest BCUT2D eigenvalue weighted by Crippen LogP contribution is 2.30. The Balaban J connectivity index is 2.15. The van der Waals surface area contributed by atoms with Crippen molar-refractivity contribution in [3.8, 4) is 0 Å². The predicted molar refractivity (Wildman–Crippen MR) is 68.3 cm³/mol. The van der Waals surface area contributed by atoms with Gasteiger partial charge in [-0.05, 0) is 24.5 Å². The van der Waals surface area contributed by atoms with Crippen LogP contribution in [0.4, 0.5) is 10.1 Å². The van der Waals surface area contributed by atoms with Crippen molar-refractivity contribution in [1.29, 1.82) is 0 Å². The van der Waals surface area contributed by atoms with Crippen LogP contribution in [0.15, 0.2) is 18.2 Å². The maximum atomic E-state index is 13.9. The second-order valence-electron chi connectivity index (χ2n) is 4.47. The van der Waals surface area contributed by atoms with E-state index in [4.69, 9.17) is 0 Å². The number of esters is 1. The lowest BCUT2D eigenvalue weighted by atomic mass is 10.0. The number of amides is 1. The molecule has 0 fully saturated rings. The van der Waals surface area contributed by atoms with Crippen LogP contribution in [0.5, 0.6) is 0 Å². The standard InChI is InChI=1S/C14H16FNO3/c1-19-13(18)8-7-12(17)16-9-3-5-10-4-2-6-11(15)14(10)16/h2,4,6H,3,5,7-9H2,1H3. The van der Waals surface area contributed by atoms with Crippen LogP contribution in [-0.2, 0) is 20.7 Å². The average molecular weight is 265 g/mol. The molecule has 0 saturated carbocycles. The molecule has 1 aliphatic rings. The molecule has 0 N–H and O–H groups in total. The summed E-state index contributed by atoms with van der Waals surface area (Å²) in [6.07, 6.45) is 1.64. The maximum Gasteiger partial charge on any atom is 0.306 e. The van der Waals surface area contributed by atoms with E-state index in [2.05, 4.69) is 4.74 Å². The largest absolute Gasteiger partial charge is 0.469 e. The van der Waals surface area contributed by atoms with E-state index in [0.717, 1.165) is 18.4 Å². The lowest BCUT2D eigenvalue weighted by Gasteiger charge is -2.29. The number of ether oxygens (including phenoxy) is 1. The lowest BCUT2D eigenvalue weighted by Crippen LogP contribution is -2.36. The highest BCUT2D eigenvalue weighted by Gasteiger charge is 2.25. The van der Waals surface area contributed by atoms with E-state index in [1.165, 1.54) is 18.1 Å². The second-order valence-corrected chi connectivity index (χ2v) is 4.47. The third-order valence-electron chi connectivity index (χ3n) is 3.24. The number of nitrogens with zero attached hydrogens (tertiary/aromatic N) is 1. The summed E-state index contributed by atoms with van der Waals surface area (Å²) < 4.78 is 18.4. The van der Waals surface area contributed by atoms with Crippen LogP contribution in [0.2, 0.25) is 0 Å². The number of carbonyl (C=O) groups excluding carboxylic acids is 2. The fourth-order valence-corrected chi connectivity index (χ4v) is 2.30. The van der Waals surface area contributed by atoms with Gasteiger partial charge in [0.1, 0.15) is 5.82 Å². The van der Waals surface area contributed by atoms with Crippen molar-refractivity contribution in [3.05, 3.63) is 29.6 Å². The van der Waals surface area contributed by atoms with Crippen molar-refractivity contribution in [2.24, 2.45) is 0 Å². The average Bonchev–Trinajstić information content (AvgIpc) is 2.44. The Bertz CT molecular complexity index is 501. The van der Waals surface area contributed by atoms with E-state index in [1.807, 2.05) is 6.07 Å². The number of fused-ring (bicyclic) bond motifs is 1. The van der Waals surface area contributed by atoms with E-state index in [9.17, 15) is 14.0 Å². The van der Waals surface area contributed by atoms with Crippen LogP contribution < -0.4 is 4.90 Å². The van der Waals surface area contributed by atoms with Crippen LogP contribution in [0.3, 0.4) is 0 Å². The molecule has 1 aromatic rings. The lowest BCUT2D eigenvalue weighted by molar-refractivity contribution is -0.141. The van der Waals surface area contributed by atoms with E-state index >= 15 is 0 Å². The van der Waals surface area contributed by atoms with Crippen LogP contribution in [-0.4, -0.2) is 25.5 Å². The molecule has 1 aliphatic heterocycles. The normalized spacial score (nSPS) is 13.9. The summed E-state index contributed by atoms with van der Waals surface area (Å²) in [5.41, 5.74) is 1.21. The molecule has 0 bridgehead atoms. The number of para-hydroxylation sites is 1. The van der Waals surface area contributed by atoms with E-state index in [1.54, 1.807) is 6.07 Å². The van der Waals surface area contributed by atoms with Gasteiger partial charge >= 0.3 is 5.97 Å². The Morgan fingerprint density at radius 3 is 2.89 bits per heavy atom. The molecule has 0 unspecified atom stereocenters. The molecule has 1 heterocycles. The SMILES string of the molecule is COC(=O)CCC(=O)N1CCCc2cccc(F)c21. The van der Waals surface area contributed by atoms with Gasteiger partial charge < -0.3 is 9.64 Å². The molecule has 0 saturated heterocycles. The van der Waals surface area contributed by atoms with E-state index in [-0.39, 0.29) is 24.6 Å². The summed E-state index contributed by atoms with van der Waals surface area (Å²) in [6, 6.07) is 4.83. The number of anilines is 1. The molecule has 0 radical (unpaired) electrons. The van der Waals surface area contributed by atoms with Gasteiger partial charge in [0.25, 0.3) is 0 Å². The van der Waals surface area contributed by atoms with E-state index < -0.39 is 5.97 Å². The Hall–Kier alpha value is -1.91. The molecular weight excluding hydrogens is 249 g/mol. The van der Waals surface area contributed by atoms with Crippen molar-refractivity contribution in [1.82, 2.24) is 0 Å². The maximum absolute atomic E-state index is 13.9. The number of benzene rings is 1. The third kappa shape index (κ3) is 2.92. The minimum Gasteiger partial charge on any atom is -0.469 e. The minimum absolute atomic E-state index is 0.0234. The number of halogens is 1. The Labute approximate surface area is 111 Å². The summed E-state index contributed by atoms with van der Waals surface area (Å²) in [4.78, 5) is 24.6. The zero-order chi connectivity index (χ0) is 13.8. The van der Waals surface area contributed by atoms with Crippen molar-refractivity contribution in [3.63, 3.8) is 0 Å². The monoisotopic (exact) mass is 265 g/mol. The van der Waals surface area contributed by atoms with Gasteiger partial charge in [0, 0.05) is 13.0 Å². The molecular formula is C14H16FNO3. The number of aryl methyl sites for hydroxylation is 1. The molecule has 0 aromatic heterocycles. The molecule has 1 aromatic carbocycles. The number of hydrogen-bond acceptors (Lipinski definition) is 3. The zero-order valence-corrected chi connectivity index (χ0v) is 10.8. The molecule has 2 rings (SSSR count). The minimum atomic E-state index is -0.431. The summed E-state index contributed by atoms with van der Waals surface area (Å²) >= 11 is 0. The smallest absolute Gasteiger partial charge is 0.306 e. The number of rotatable bonds is 3. The second kappa shape index (κ2) is 5.82. The Kier molecular flexibility index (Phi) is 4.14. The first-order valence-corrected chi connectivity index (χ1v) is 6.28. The van der Waals surface area contributed by atoms with Gasteiger partial charge in [-0.2, -0.15) is 0 Å². The molecule has 4 nitrogen and oxygen atoms in total. The van der Waals surface area contributed by atoms with Crippen molar-refractivity contribution in [2.45, 2.75) is 25.7 Å². The fourth-order valence-electron chi connectivity index (χ4n) is 2.30.